The van der Waals surface area contributed by atoms with E-state index in [0.717, 1.165) is 17.8 Å². The summed E-state index contributed by atoms with van der Waals surface area (Å²) in [4.78, 5) is 12.0. The smallest absolute Gasteiger partial charge is 0.340 e. The van der Waals surface area contributed by atoms with Gasteiger partial charge in [-0.1, -0.05) is 0 Å². The Morgan fingerprint density at radius 1 is 1.48 bits per heavy atom. The summed E-state index contributed by atoms with van der Waals surface area (Å²) in [6.45, 7) is 3.71. The lowest BCUT2D eigenvalue weighted by molar-refractivity contribution is 0.0527. The maximum absolute atomic E-state index is 14.0. The predicted molar refractivity (Wildman–Crippen MR) is 76.6 cm³/mol. The number of hydrogen-bond donors (Lipinski definition) is 1. The molecule has 1 aromatic carbocycles. The second-order valence-electron chi connectivity index (χ2n) is 4.28. The predicted octanol–water partition coefficient (Wildman–Crippen LogP) is 2.17. The highest BCUT2D eigenvalue weighted by Crippen LogP contribution is 2.31. The van der Waals surface area contributed by atoms with E-state index in [1.807, 2.05) is 0 Å². The fraction of sp³-hybridized carbons (Fsp3) is 0.308. The summed E-state index contributed by atoms with van der Waals surface area (Å²) < 4.78 is 20.6. The zero-order valence-corrected chi connectivity index (χ0v) is 12.7. The SMILES string of the molecule is CCOC(=O)c1cc(Sc2nnc(C)n2C)c(F)cc1N. The first-order valence-corrected chi connectivity index (χ1v) is 7.05. The summed E-state index contributed by atoms with van der Waals surface area (Å²) in [5.41, 5.74) is 5.85. The van der Waals surface area contributed by atoms with E-state index in [4.69, 9.17) is 10.5 Å². The lowest BCUT2D eigenvalue weighted by Crippen LogP contribution is -2.09. The standard InChI is InChI=1S/C13H15FN4O2S/c1-4-20-12(19)8-5-11(9(14)6-10(8)15)21-13-17-16-7(2)18(13)3/h5-6H,4,15H2,1-3H3. The number of carbonyl (C=O) groups is 1. The Morgan fingerprint density at radius 3 is 2.76 bits per heavy atom. The molecule has 0 saturated heterocycles. The second kappa shape index (κ2) is 6.13. The number of nitrogens with two attached hydrogens (primary N) is 1. The van der Waals surface area contributed by atoms with Crippen LogP contribution in [-0.2, 0) is 11.8 Å². The molecule has 0 radical (unpaired) electrons. The average molecular weight is 310 g/mol. The molecular formula is C13H15FN4O2S. The van der Waals surface area contributed by atoms with Gasteiger partial charge in [-0.15, -0.1) is 10.2 Å². The number of esters is 1. The van der Waals surface area contributed by atoms with Gasteiger partial charge in [-0.3, -0.25) is 0 Å². The van der Waals surface area contributed by atoms with Crippen LogP contribution in [-0.4, -0.2) is 27.3 Å². The monoisotopic (exact) mass is 310 g/mol. The van der Waals surface area contributed by atoms with Crippen LogP contribution in [0.1, 0.15) is 23.1 Å². The maximum atomic E-state index is 14.0. The molecule has 0 spiro atoms. The highest BCUT2D eigenvalue weighted by molar-refractivity contribution is 7.99. The molecule has 1 heterocycles. The van der Waals surface area contributed by atoms with Crippen molar-refractivity contribution in [1.82, 2.24) is 14.8 Å². The minimum atomic E-state index is -0.578. The zero-order valence-electron chi connectivity index (χ0n) is 11.9. The number of halogens is 1. The van der Waals surface area contributed by atoms with Crippen molar-refractivity contribution in [1.29, 1.82) is 0 Å². The lowest BCUT2D eigenvalue weighted by atomic mass is 10.2. The Bertz CT molecular complexity index is 687. The molecule has 1 aromatic heterocycles. The molecule has 0 fully saturated rings. The van der Waals surface area contributed by atoms with E-state index in [1.165, 1.54) is 6.07 Å². The number of carbonyl (C=O) groups excluding carboxylic acids is 1. The van der Waals surface area contributed by atoms with E-state index in [0.29, 0.717) is 11.0 Å². The number of anilines is 1. The van der Waals surface area contributed by atoms with Crippen molar-refractivity contribution >= 4 is 23.4 Å². The Kier molecular flexibility index (Phi) is 4.46. The van der Waals surface area contributed by atoms with E-state index in [-0.39, 0.29) is 22.8 Å². The molecule has 2 N–H and O–H groups in total. The zero-order chi connectivity index (χ0) is 15.6. The van der Waals surface area contributed by atoms with Crippen molar-refractivity contribution in [3.63, 3.8) is 0 Å². The van der Waals surface area contributed by atoms with Crippen molar-refractivity contribution in [2.75, 3.05) is 12.3 Å². The molecule has 8 heteroatoms. The van der Waals surface area contributed by atoms with E-state index >= 15 is 0 Å². The summed E-state index contributed by atoms with van der Waals surface area (Å²) >= 11 is 1.07. The van der Waals surface area contributed by atoms with E-state index in [1.54, 1.807) is 25.5 Å². The molecule has 0 saturated carbocycles. The van der Waals surface area contributed by atoms with E-state index in [2.05, 4.69) is 10.2 Å². The normalized spacial score (nSPS) is 10.7. The Labute approximate surface area is 125 Å². The molecule has 0 aliphatic rings. The van der Waals surface area contributed by atoms with Crippen molar-refractivity contribution in [2.24, 2.45) is 7.05 Å². The number of hydrogen-bond acceptors (Lipinski definition) is 6. The molecular weight excluding hydrogens is 295 g/mol. The van der Waals surface area contributed by atoms with Gasteiger partial charge in [0.25, 0.3) is 0 Å². The van der Waals surface area contributed by atoms with Gasteiger partial charge in [0.05, 0.1) is 17.1 Å². The Morgan fingerprint density at radius 2 is 2.19 bits per heavy atom. The maximum Gasteiger partial charge on any atom is 0.340 e. The fourth-order valence-corrected chi connectivity index (χ4v) is 2.49. The molecule has 0 atom stereocenters. The van der Waals surface area contributed by atoms with Crippen LogP contribution in [0, 0.1) is 12.7 Å². The Balaban J connectivity index is 2.37. The van der Waals surface area contributed by atoms with Gasteiger partial charge in [-0.05, 0) is 37.7 Å². The summed E-state index contributed by atoms with van der Waals surface area (Å²) in [5, 5.41) is 8.37. The molecule has 2 rings (SSSR count). The van der Waals surface area contributed by atoms with Gasteiger partial charge < -0.3 is 15.0 Å². The van der Waals surface area contributed by atoms with Crippen LogP contribution in [0.4, 0.5) is 10.1 Å². The van der Waals surface area contributed by atoms with Gasteiger partial charge in [-0.25, -0.2) is 9.18 Å². The van der Waals surface area contributed by atoms with Crippen LogP contribution in [0.2, 0.25) is 0 Å². The van der Waals surface area contributed by atoms with Gasteiger partial charge in [-0.2, -0.15) is 0 Å². The molecule has 0 unspecified atom stereocenters. The number of rotatable bonds is 4. The number of ether oxygens (including phenoxy) is 1. The van der Waals surface area contributed by atoms with Gasteiger partial charge in [0.2, 0.25) is 0 Å². The average Bonchev–Trinajstić information content (AvgIpc) is 2.74. The number of aryl methyl sites for hydroxylation is 1. The first kappa shape index (κ1) is 15.3. The summed E-state index contributed by atoms with van der Waals surface area (Å²) in [7, 11) is 1.78. The largest absolute Gasteiger partial charge is 0.462 e. The lowest BCUT2D eigenvalue weighted by Gasteiger charge is -2.09. The topological polar surface area (TPSA) is 83.0 Å². The van der Waals surface area contributed by atoms with Crippen LogP contribution < -0.4 is 5.73 Å². The van der Waals surface area contributed by atoms with Gasteiger partial charge in [0.15, 0.2) is 5.16 Å². The quantitative estimate of drug-likeness (QED) is 0.688. The number of benzene rings is 1. The van der Waals surface area contributed by atoms with Crippen LogP contribution >= 0.6 is 11.8 Å². The molecule has 21 heavy (non-hydrogen) atoms. The van der Waals surface area contributed by atoms with E-state index in [9.17, 15) is 9.18 Å². The third kappa shape index (κ3) is 3.15. The molecule has 0 aliphatic heterocycles. The van der Waals surface area contributed by atoms with E-state index < -0.39 is 11.8 Å². The number of aromatic nitrogens is 3. The van der Waals surface area contributed by atoms with Crippen LogP contribution in [0.15, 0.2) is 22.2 Å². The van der Waals surface area contributed by atoms with Crippen LogP contribution in [0.3, 0.4) is 0 Å². The molecule has 0 aliphatic carbocycles. The third-order valence-corrected chi connectivity index (χ3v) is 3.92. The highest BCUT2D eigenvalue weighted by Gasteiger charge is 2.17. The summed E-state index contributed by atoms with van der Waals surface area (Å²) in [6, 6.07) is 2.48. The number of nitrogens with zero attached hydrogens (tertiary/aromatic N) is 3. The van der Waals surface area contributed by atoms with Crippen LogP contribution in [0.25, 0.3) is 0 Å². The number of nitrogen functional groups attached to an aromatic ring is 1. The minimum absolute atomic E-state index is 0.0458. The second-order valence-corrected chi connectivity index (χ2v) is 5.29. The van der Waals surface area contributed by atoms with Gasteiger partial charge >= 0.3 is 5.97 Å². The molecule has 112 valence electrons. The molecule has 0 amide bonds. The minimum Gasteiger partial charge on any atom is -0.462 e. The summed E-state index contributed by atoms with van der Waals surface area (Å²) in [6.07, 6.45) is 0. The van der Waals surface area contributed by atoms with Gasteiger partial charge in [0.1, 0.15) is 11.6 Å². The third-order valence-electron chi connectivity index (χ3n) is 2.85. The first-order valence-electron chi connectivity index (χ1n) is 6.24. The Hall–Kier alpha value is -2.09. The molecule has 2 aromatic rings. The van der Waals surface area contributed by atoms with Crippen molar-refractivity contribution in [3.05, 3.63) is 29.3 Å². The van der Waals surface area contributed by atoms with Crippen molar-refractivity contribution < 1.29 is 13.9 Å². The summed E-state index contributed by atoms with van der Waals surface area (Å²) in [5.74, 6) is -0.392. The molecule has 6 nitrogen and oxygen atoms in total. The van der Waals surface area contributed by atoms with Crippen molar-refractivity contribution in [2.45, 2.75) is 23.9 Å². The highest BCUT2D eigenvalue weighted by atomic mass is 32.2. The van der Waals surface area contributed by atoms with Crippen molar-refractivity contribution in [3.8, 4) is 0 Å². The van der Waals surface area contributed by atoms with Crippen LogP contribution in [0.5, 0.6) is 0 Å². The molecule has 0 bridgehead atoms. The van der Waals surface area contributed by atoms with Gasteiger partial charge in [0, 0.05) is 12.7 Å². The fourth-order valence-electron chi connectivity index (χ4n) is 1.61. The first-order chi connectivity index (χ1) is 9.93.